The molecule has 74 heavy (non-hydrogen) atoms. The molecule has 6 aliphatic rings. The maximum atomic E-state index is 17.0. The molecule has 2 saturated carbocycles. The first-order valence-corrected chi connectivity index (χ1v) is 26.8. The number of halogens is 1. The molecule has 4 aliphatic heterocycles. The van der Waals surface area contributed by atoms with Crippen LogP contribution >= 0.6 is 11.3 Å². The van der Waals surface area contributed by atoms with Crippen molar-refractivity contribution in [2.75, 3.05) is 20.8 Å². The molecule has 18 nitrogen and oxygen atoms in total. The van der Waals surface area contributed by atoms with Gasteiger partial charge in [0.15, 0.2) is 0 Å². The molecule has 2 aliphatic carbocycles. The van der Waals surface area contributed by atoms with Gasteiger partial charge >= 0.3 is 12.2 Å². The third-order valence-corrected chi connectivity index (χ3v) is 17.2. The Bertz CT molecular complexity index is 3170. The van der Waals surface area contributed by atoms with E-state index in [0.29, 0.717) is 77.6 Å². The van der Waals surface area contributed by atoms with E-state index in [1.165, 1.54) is 20.3 Å². The van der Waals surface area contributed by atoms with Crippen LogP contribution in [-0.2, 0) is 23.8 Å². The van der Waals surface area contributed by atoms with Crippen LogP contribution in [0.4, 0.5) is 14.0 Å². The Labute approximate surface area is 431 Å². The number of alkyl carbamates (subject to hydrolysis) is 2. The number of benzene rings is 2. The van der Waals surface area contributed by atoms with Gasteiger partial charge in [-0.3, -0.25) is 14.2 Å². The highest BCUT2D eigenvalue weighted by Gasteiger charge is 2.57. The number of carbonyl (C=O) groups is 4. The number of imidazole rings is 2. The average molecular weight is 1030 g/mol. The zero-order valence-electron chi connectivity index (χ0n) is 42.2. The minimum atomic E-state index is -0.775. The summed E-state index contributed by atoms with van der Waals surface area (Å²) in [6.07, 6.45) is 9.92. The quantitative estimate of drug-likeness (QED) is 0.0908. The van der Waals surface area contributed by atoms with Gasteiger partial charge in [0, 0.05) is 41.2 Å². The minimum absolute atomic E-state index is 0.0487. The van der Waals surface area contributed by atoms with E-state index in [9.17, 15) is 19.2 Å². The van der Waals surface area contributed by atoms with Gasteiger partial charge in [0.25, 0.3) is 0 Å². The molecule has 2 aromatic carbocycles. The van der Waals surface area contributed by atoms with Crippen LogP contribution in [0.3, 0.4) is 0 Å². The van der Waals surface area contributed by atoms with E-state index in [0.717, 1.165) is 64.1 Å². The minimum Gasteiger partial charge on any atom is -0.464 e. The van der Waals surface area contributed by atoms with Crippen molar-refractivity contribution >= 4 is 46.2 Å². The van der Waals surface area contributed by atoms with Crippen LogP contribution in [0.5, 0.6) is 5.75 Å². The number of carbonyl (C=O) groups excluding carboxylic acids is 4. The van der Waals surface area contributed by atoms with Crippen molar-refractivity contribution in [3.8, 4) is 39.5 Å². The molecule has 4 aromatic heterocycles. The highest BCUT2D eigenvalue weighted by Crippen LogP contribution is 2.54. The van der Waals surface area contributed by atoms with Gasteiger partial charge in [-0.2, -0.15) is 0 Å². The van der Waals surface area contributed by atoms with Gasteiger partial charge in [-0.05, 0) is 113 Å². The molecule has 3 saturated heterocycles. The third kappa shape index (κ3) is 8.66. The first-order valence-electron chi connectivity index (χ1n) is 25.9. The van der Waals surface area contributed by atoms with Crippen LogP contribution < -0.4 is 15.4 Å². The van der Waals surface area contributed by atoms with E-state index in [1.807, 2.05) is 63.1 Å². The second-order valence-corrected chi connectivity index (χ2v) is 22.5. The van der Waals surface area contributed by atoms with Crippen molar-refractivity contribution in [2.45, 2.75) is 134 Å². The molecule has 4 amide bonds. The van der Waals surface area contributed by atoms with E-state index in [1.54, 1.807) is 28.6 Å². The summed E-state index contributed by atoms with van der Waals surface area (Å²) < 4.78 is 41.8. The molecule has 2 unspecified atom stereocenters. The molecule has 12 rings (SSSR count). The van der Waals surface area contributed by atoms with Crippen LogP contribution in [-0.4, -0.2) is 114 Å². The van der Waals surface area contributed by atoms with Gasteiger partial charge in [0.05, 0.1) is 89.0 Å². The fourth-order valence-electron chi connectivity index (χ4n) is 12.2. The van der Waals surface area contributed by atoms with E-state index in [2.05, 4.69) is 31.2 Å². The summed E-state index contributed by atoms with van der Waals surface area (Å²) in [6, 6.07) is 9.35. The Morgan fingerprint density at radius 3 is 2.26 bits per heavy atom. The number of fused-ring (bicyclic) bond motifs is 6. The lowest BCUT2D eigenvalue weighted by molar-refractivity contribution is -0.140. The van der Waals surface area contributed by atoms with Gasteiger partial charge in [-0.15, -0.1) is 11.3 Å². The van der Waals surface area contributed by atoms with Gasteiger partial charge in [0.2, 0.25) is 18.0 Å². The normalized spacial score (nSPS) is 25.7. The largest absolute Gasteiger partial charge is 0.464 e. The molecular formula is C54H61FN10O8S. The van der Waals surface area contributed by atoms with Gasteiger partial charge in [0.1, 0.15) is 35.3 Å². The summed E-state index contributed by atoms with van der Waals surface area (Å²) in [5.41, 5.74) is 4.60. The van der Waals surface area contributed by atoms with Crippen LogP contribution in [0, 0.1) is 23.6 Å². The first-order chi connectivity index (χ1) is 35.7. The molecule has 6 aromatic rings. The fourth-order valence-corrected chi connectivity index (χ4v) is 13.3. The van der Waals surface area contributed by atoms with Gasteiger partial charge in [-0.1, -0.05) is 19.9 Å². The maximum absolute atomic E-state index is 17.0. The SMILES string of the molecule is COC(=O)NC(C(=O)N1[C@@H]2C[C@@H]2C[C@H]1c1ncc(-c2ccc3c(c2)cc2n3C(c3cnc(C4CC4)s3)Oc3cc(-c4cnc([C@@H]5CCCN5C(=O)[C@@H](NC(=O)OC)C(C)C)[nH]4)cc(F)c3-2)[nH]1)C1C[C@@H](C)O[C@H](C)C1. The lowest BCUT2D eigenvalue weighted by Crippen LogP contribution is -2.55. The van der Waals surface area contributed by atoms with E-state index < -0.39 is 36.3 Å². The highest BCUT2D eigenvalue weighted by molar-refractivity contribution is 7.11. The number of ether oxygens (including phenoxy) is 4. The Balaban J connectivity index is 0.849. The number of aromatic amines is 2. The highest BCUT2D eigenvalue weighted by atomic mass is 32.1. The number of nitrogens with zero attached hydrogens (tertiary/aromatic N) is 6. The standard InChI is InChI=1S/C54H61FN10O8S/c1-25(2)45(61-53(68)70-5)50(66)63-13-7-8-38(63)47-56-23-36(60-47)30-17-34(55)44-40-19-31-16-29(11-12-37(31)65(40)52(73-42(44)21-30)43-24-58-49(74-43)28-9-10-28)35-22-57-48(59-35)41-20-32-18-39(32)64(41)51(67)46(62-54(69)71-6)33-14-26(3)72-27(4)15-33/h11-12,16-17,19,21-28,32-33,38-39,41,45-46,52H,7-10,13-15,18,20H2,1-6H3,(H,56,60)(H,57,59)(H,61,68)(H,62,69)/t26-,27-,32-,38+,39-,41+,45+,46?,52?/m1/s1. The maximum Gasteiger partial charge on any atom is 0.407 e. The van der Waals surface area contributed by atoms with E-state index in [4.69, 9.17) is 33.9 Å². The topological polar surface area (TPSA) is 211 Å². The van der Waals surface area contributed by atoms with Gasteiger partial charge in [-0.25, -0.2) is 28.9 Å². The number of likely N-dealkylation sites (tertiary alicyclic amines) is 2. The van der Waals surface area contributed by atoms with Crippen LogP contribution in [0.25, 0.3) is 44.7 Å². The molecule has 20 heteroatoms. The van der Waals surface area contributed by atoms with Crippen LogP contribution in [0.15, 0.2) is 55.0 Å². The van der Waals surface area contributed by atoms with Crippen molar-refractivity contribution in [3.63, 3.8) is 0 Å². The predicted molar refractivity (Wildman–Crippen MR) is 271 cm³/mol. The van der Waals surface area contributed by atoms with E-state index in [-0.39, 0.29) is 54.0 Å². The van der Waals surface area contributed by atoms with Crippen molar-refractivity contribution in [1.82, 2.24) is 49.9 Å². The zero-order chi connectivity index (χ0) is 51.3. The molecule has 0 spiro atoms. The second kappa shape index (κ2) is 18.8. The number of H-pyrrole nitrogens is 2. The predicted octanol–water partition coefficient (Wildman–Crippen LogP) is 9.14. The molecule has 8 heterocycles. The van der Waals surface area contributed by atoms with Gasteiger partial charge < -0.3 is 49.3 Å². The zero-order valence-corrected chi connectivity index (χ0v) is 43.0. The summed E-state index contributed by atoms with van der Waals surface area (Å²) in [4.78, 5) is 79.4. The summed E-state index contributed by atoms with van der Waals surface area (Å²) in [6.45, 7) is 8.26. The van der Waals surface area contributed by atoms with E-state index >= 15 is 4.39 Å². The molecule has 0 radical (unpaired) electrons. The second-order valence-electron chi connectivity index (χ2n) is 21.4. The number of hydrogen-bond donors (Lipinski definition) is 4. The summed E-state index contributed by atoms with van der Waals surface area (Å²) >= 11 is 1.62. The number of amides is 4. The fraction of sp³-hybridized carbons (Fsp3) is 0.500. The summed E-state index contributed by atoms with van der Waals surface area (Å²) in [5, 5.41) is 7.53. The number of piperidine rings is 1. The Kier molecular flexibility index (Phi) is 12.3. The van der Waals surface area contributed by atoms with Crippen molar-refractivity contribution < 1.29 is 42.5 Å². The summed E-state index contributed by atoms with van der Waals surface area (Å²) in [7, 11) is 2.58. The molecular weight excluding hydrogens is 968 g/mol. The molecule has 388 valence electrons. The molecule has 4 N–H and O–H groups in total. The van der Waals surface area contributed by atoms with Crippen LogP contribution in [0.2, 0.25) is 0 Å². The lowest BCUT2D eigenvalue weighted by Gasteiger charge is -2.38. The van der Waals surface area contributed by atoms with Crippen LogP contribution in [0.1, 0.15) is 125 Å². The third-order valence-electron chi connectivity index (χ3n) is 16.0. The number of hydrogen-bond acceptors (Lipinski definition) is 12. The number of aromatic nitrogens is 6. The molecule has 9 atom stereocenters. The van der Waals surface area contributed by atoms with Crippen molar-refractivity contribution in [3.05, 3.63) is 82.3 Å². The molecule has 5 fully saturated rings. The Morgan fingerprint density at radius 1 is 0.824 bits per heavy atom. The lowest BCUT2D eigenvalue weighted by atomic mass is 9.85. The molecule has 0 bridgehead atoms. The summed E-state index contributed by atoms with van der Waals surface area (Å²) in [5.74, 6) is 1.33. The van der Waals surface area contributed by atoms with Crippen molar-refractivity contribution in [1.29, 1.82) is 0 Å². The Morgan fingerprint density at radius 2 is 1.54 bits per heavy atom. The number of nitrogens with one attached hydrogen (secondary N) is 4. The average Bonchev–Trinajstić information content (AvgIpc) is 3.86. The number of methoxy groups -OCH3 is 2. The van der Waals surface area contributed by atoms with Crippen molar-refractivity contribution in [2.24, 2.45) is 17.8 Å². The monoisotopic (exact) mass is 1030 g/mol. The first kappa shape index (κ1) is 48.2. The number of thiazole rings is 1. The Hall–Kier alpha value is -6.80. The smallest absolute Gasteiger partial charge is 0.407 e. The number of rotatable bonds is 12.